The first kappa shape index (κ1) is 13.9. The third kappa shape index (κ3) is 2.32. The molecule has 1 aliphatic heterocycles. The van der Waals surface area contributed by atoms with Crippen LogP contribution in [0.25, 0.3) is 4.85 Å². The zero-order valence-corrected chi connectivity index (χ0v) is 11.6. The van der Waals surface area contributed by atoms with Crippen molar-refractivity contribution in [2.24, 2.45) is 0 Å². The van der Waals surface area contributed by atoms with Crippen molar-refractivity contribution in [3.8, 4) is 0 Å². The Hall–Kier alpha value is -1.57. The minimum Gasteiger partial charge on any atom is -0.391 e. The Balaban J connectivity index is 2.50. The van der Waals surface area contributed by atoms with Crippen molar-refractivity contribution in [1.82, 2.24) is 0 Å². The average molecular weight is 279 g/mol. The molecule has 0 bridgehead atoms. The van der Waals surface area contributed by atoms with Crippen molar-refractivity contribution in [3.05, 3.63) is 34.1 Å². The highest BCUT2D eigenvalue weighted by atomic mass is 35.5. The van der Waals surface area contributed by atoms with E-state index in [-0.39, 0.29) is 11.9 Å². The standard InChI is InChI=1S/C14H15ClN2O2/c1-8-11(5-4-10(16-3)14(8)15)17-12(9(2)18)6-7-13(17)19/h4-5,9,12,18H,6-7H2,1-2H3/t9-,12-/m1/s1. The molecule has 1 amide bonds. The molecule has 1 heterocycles. The maximum atomic E-state index is 12.0. The summed E-state index contributed by atoms with van der Waals surface area (Å²) in [6, 6.07) is 3.12. The SMILES string of the molecule is [C-]#[N+]c1ccc(N2C(=O)CC[C@@H]2[C@@H](C)O)c(C)c1Cl. The lowest BCUT2D eigenvalue weighted by Crippen LogP contribution is -2.40. The van der Waals surface area contributed by atoms with Gasteiger partial charge in [-0.2, -0.15) is 0 Å². The van der Waals surface area contributed by atoms with Gasteiger partial charge in [-0.1, -0.05) is 17.7 Å². The Morgan fingerprint density at radius 1 is 1.58 bits per heavy atom. The van der Waals surface area contributed by atoms with Crippen LogP contribution in [0.1, 0.15) is 25.3 Å². The summed E-state index contributed by atoms with van der Waals surface area (Å²) in [6.07, 6.45) is 0.472. The lowest BCUT2D eigenvalue weighted by molar-refractivity contribution is -0.117. The van der Waals surface area contributed by atoms with Crippen LogP contribution in [0.3, 0.4) is 0 Å². The fraction of sp³-hybridized carbons (Fsp3) is 0.429. The Bertz CT molecular complexity index is 563. The van der Waals surface area contributed by atoms with Gasteiger partial charge in [0.2, 0.25) is 11.6 Å². The Labute approximate surface area is 117 Å². The number of anilines is 1. The van der Waals surface area contributed by atoms with Crippen LogP contribution in [-0.2, 0) is 4.79 Å². The van der Waals surface area contributed by atoms with Crippen molar-refractivity contribution < 1.29 is 9.90 Å². The number of benzene rings is 1. The number of carbonyl (C=O) groups excluding carboxylic acids is 1. The number of carbonyl (C=O) groups is 1. The second-order valence-corrected chi connectivity index (χ2v) is 5.14. The first-order valence-corrected chi connectivity index (χ1v) is 6.52. The van der Waals surface area contributed by atoms with E-state index in [1.807, 2.05) is 0 Å². The molecule has 100 valence electrons. The summed E-state index contributed by atoms with van der Waals surface area (Å²) in [5.41, 5.74) is 1.77. The van der Waals surface area contributed by atoms with Gasteiger partial charge in [-0.15, -0.1) is 0 Å². The van der Waals surface area contributed by atoms with Crippen LogP contribution >= 0.6 is 11.6 Å². The minimum absolute atomic E-state index is 0.0133. The normalized spacial score (nSPS) is 20.5. The number of aliphatic hydroxyl groups excluding tert-OH is 1. The van der Waals surface area contributed by atoms with Gasteiger partial charge in [0.15, 0.2) is 0 Å². The molecule has 1 N–H and O–H groups in total. The summed E-state index contributed by atoms with van der Waals surface area (Å²) in [4.78, 5) is 17.0. The Morgan fingerprint density at radius 3 is 2.84 bits per heavy atom. The summed E-state index contributed by atoms with van der Waals surface area (Å²) in [5, 5.41) is 10.2. The van der Waals surface area contributed by atoms with Gasteiger partial charge < -0.3 is 10.0 Å². The maximum absolute atomic E-state index is 12.0. The van der Waals surface area contributed by atoms with Crippen molar-refractivity contribution in [3.63, 3.8) is 0 Å². The highest BCUT2D eigenvalue weighted by Gasteiger charge is 2.36. The van der Waals surface area contributed by atoms with E-state index in [4.69, 9.17) is 18.2 Å². The van der Waals surface area contributed by atoms with E-state index in [0.717, 1.165) is 0 Å². The van der Waals surface area contributed by atoms with Crippen LogP contribution in [-0.4, -0.2) is 23.2 Å². The van der Waals surface area contributed by atoms with Gasteiger partial charge in [-0.05, 0) is 31.9 Å². The number of nitrogens with zero attached hydrogens (tertiary/aromatic N) is 2. The summed E-state index contributed by atoms with van der Waals surface area (Å²) >= 11 is 6.14. The van der Waals surface area contributed by atoms with E-state index in [1.165, 1.54) is 0 Å². The van der Waals surface area contributed by atoms with Gasteiger partial charge in [0.05, 0.1) is 23.7 Å². The molecule has 0 unspecified atom stereocenters. The molecule has 1 aliphatic rings. The fourth-order valence-electron chi connectivity index (χ4n) is 2.48. The van der Waals surface area contributed by atoms with Crippen LogP contribution < -0.4 is 4.90 Å². The molecule has 2 rings (SSSR count). The van der Waals surface area contributed by atoms with Crippen molar-refractivity contribution in [2.75, 3.05) is 4.90 Å². The van der Waals surface area contributed by atoms with Crippen molar-refractivity contribution >= 4 is 28.9 Å². The van der Waals surface area contributed by atoms with Crippen LogP contribution in [0, 0.1) is 13.5 Å². The summed E-state index contributed by atoms with van der Waals surface area (Å²) in [6.45, 7) is 10.5. The minimum atomic E-state index is -0.592. The quantitative estimate of drug-likeness (QED) is 0.845. The van der Waals surface area contributed by atoms with Gasteiger partial charge in [0.25, 0.3) is 0 Å². The molecule has 0 spiro atoms. The van der Waals surface area contributed by atoms with Crippen molar-refractivity contribution in [1.29, 1.82) is 0 Å². The van der Waals surface area contributed by atoms with Crippen LogP contribution in [0.5, 0.6) is 0 Å². The van der Waals surface area contributed by atoms with Gasteiger partial charge in [-0.25, -0.2) is 4.85 Å². The molecular formula is C14H15ClN2O2. The Kier molecular flexibility index (Phi) is 3.79. The topological polar surface area (TPSA) is 44.9 Å². The molecule has 4 nitrogen and oxygen atoms in total. The highest BCUT2D eigenvalue weighted by Crippen LogP contribution is 2.38. The average Bonchev–Trinajstić information content (AvgIpc) is 2.75. The largest absolute Gasteiger partial charge is 0.391 e. The van der Waals surface area contributed by atoms with Gasteiger partial charge in [-0.3, -0.25) is 4.79 Å². The molecule has 0 radical (unpaired) electrons. The predicted molar refractivity (Wildman–Crippen MR) is 74.6 cm³/mol. The van der Waals surface area contributed by atoms with E-state index in [0.29, 0.717) is 34.8 Å². The van der Waals surface area contributed by atoms with E-state index < -0.39 is 6.10 Å². The molecule has 1 aromatic rings. The molecular weight excluding hydrogens is 264 g/mol. The summed E-state index contributed by atoms with van der Waals surface area (Å²) in [5.74, 6) is -0.0133. The number of amides is 1. The van der Waals surface area contributed by atoms with E-state index in [1.54, 1.807) is 30.9 Å². The molecule has 1 fully saturated rings. The third-order valence-corrected chi connectivity index (χ3v) is 4.01. The van der Waals surface area contributed by atoms with Crippen LogP contribution in [0.15, 0.2) is 12.1 Å². The van der Waals surface area contributed by atoms with Gasteiger partial charge in [0.1, 0.15) is 0 Å². The van der Waals surface area contributed by atoms with E-state index in [9.17, 15) is 9.90 Å². The maximum Gasteiger partial charge on any atom is 0.227 e. The third-order valence-electron chi connectivity index (χ3n) is 3.53. The highest BCUT2D eigenvalue weighted by molar-refractivity contribution is 6.34. The zero-order valence-electron chi connectivity index (χ0n) is 10.9. The van der Waals surface area contributed by atoms with Gasteiger partial charge in [0, 0.05) is 12.1 Å². The lowest BCUT2D eigenvalue weighted by atomic mass is 10.1. The molecule has 5 heteroatoms. The molecule has 2 atom stereocenters. The molecule has 0 aliphatic carbocycles. The Morgan fingerprint density at radius 2 is 2.26 bits per heavy atom. The molecule has 19 heavy (non-hydrogen) atoms. The first-order valence-electron chi connectivity index (χ1n) is 6.14. The second kappa shape index (κ2) is 5.20. The number of halogens is 1. The fourth-order valence-corrected chi connectivity index (χ4v) is 2.69. The molecule has 0 saturated carbocycles. The number of hydrogen-bond acceptors (Lipinski definition) is 2. The number of hydrogen-bond donors (Lipinski definition) is 1. The van der Waals surface area contributed by atoms with Crippen LogP contribution in [0.4, 0.5) is 11.4 Å². The molecule has 1 aromatic carbocycles. The van der Waals surface area contributed by atoms with E-state index in [2.05, 4.69) is 4.85 Å². The smallest absolute Gasteiger partial charge is 0.227 e. The second-order valence-electron chi connectivity index (χ2n) is 4.76. The number of aliphatic hydroxyl groups is 1. The summed E-state index contributed by atoms with van der Waals surface area (Å²) < 4.78 is 0. The predicted octanol–water partition coefficient (Wildman–Crippen LogP) is 3.08. The lowest BCUT2D eigenvalue weighted by Gasteiger charge is -2.28. The summed E-state index contributed by atoms with van der Waals surface area (Å²) in [7, 11) is 0. The van der Waals surface area contributed by atoms with Crippen molar-refractivity contribution in [2.45, 2.75) is 38.8 Å². The van der Waals surface area contributed by atoms with Crippen LogP contribution in [0.2, 0.25) is 5.02 Å². The monoisotopic (exact) mass is 278 g/mol. The zero-order chi connectivity index (χ0) is 14.2. The van der Waals surface area contributed by atoms with Gasteiger partial charge >= 0.3 is 0 Å². The first-order chi connectivity index (χ1) is 8.97. The molecule has 0 aromatic heterocycles. The van der Waals surface area contributed by atoms with E-state index >= 15 is 0 Å². The number of rotatable bonds is 2. The molecule has 1 saturated heterocycles.